The molecule has 0 aliphatic rings. The third kappa shape index (κ3) is 5.76. The zero-order valence-corrected chi connectivity index (χ0v) is 15.0. The number of hydrogen-bond acceptors (Lipinski definition) is 12. The van der Waals surface area contributed by atoms with Gasteiger partial charge >= 0.3 is 0 Å². The number of hydrogen-bond donors (Lipinski definition) is 0. The fourth-order valence-electron chi connectivity index (χ4n) is 1.97. The fraction of sp³-hybridized carbons (Fsp3) is 0.333. The van der Waals surface area contributed by atoms with Gasteiger partial charge in [-0.2, -0.15) is 4.37 Å². The molecule has 1 aromatic carbocycles. The zero-order chi connectivity index (χ0) is 19.2. The Morgan fingerprint density at radius 2 is 2.15 bits per heavy atom. The van der Waals surface area contributed by atoms with Crippen LogP contribution in [0.4, 0.5) is 22.2 Å². The van der Waals surface area contributed by atoms with Crippen LogP contribution < -0.4 is 4.90 Å². The Balaban J connectivity index is 2.21. The van der Waals surface area contributed by atoms with E-state index >= 15 is 0 Å². The van der Waals surface area contributed by atoms with E-state index in [9.17, 15) is 23.1 Å². The first kappa shape index (κ1) is 19.8. The molecule has 0 bridgehead atoms. The lowest BCUT2D eigenvalue weighted by molar-refractivity contribution is -0.384. The molecule has 0 aliphatic heterocycles. The summed E-state index contributed by atoms with van der Waals surface area (Å²) in [5, 5.41) is 19.2. The van der Waals surface area contributed by atoms with Crippen molar-refractivity contribution < 1.29 is 22.1 Å². The maximum atomic E-state index is 11.3. The number of nitro groups is 1. The summed E-state index contributed by atoms with van der Waals surface area (Å²) < 4.78 is 39.3. The molecule has 1 aromatic heterocycles. The number of likely N-dealkylation sites (N-methyl/N-ethyl adjacent to an activating group) is 1. The van der Waals surface area contributed by atoms with Crippen LogP contribution in [0.2, 0.25) is 0 Å². The highest BCUT2D eigenvalue weighted by atomic mass is 32.3. The molecule has 0 radical (unpaired) electrons. The number of aromatic nitrogens is 2. The Hall–Kier alpha value is -2.55. The van der Waals surface area contributed by atoms with Gasteiger partial charge in [0.15, 0.2) is 5.69 Å². The predicted molar refractivity (Wildman–Crippen MR) is 90.7 cm³/mol. The molecule has 26 heavy (non-hydrogen) atoms. The highest BCUT2D eigenvalue weighted by Crippen LogP contribution is 2.33. The van der Waals surface area contributed by atoms with Gasteiger partial charge in [-0.25, -0.2) is 13.4 Å². The molecule has 1 heterocycles. The summed E-state index contributed by atoms with van der Waals surface area (Å²) in [6.45, 7) is 1.86. The number of nitrogens with zero attached hydrogens (tertiary/aromatic N) is 6. The van der Waals surface area contributed by atoms with Gasteiger partial charge in [0.25, 0.3) is 5.69 Å². The summed E-state index contributed by atoms with van der Waals surface area (Å²) in [7, 11) is -4.79. The summed E-state index contributed by atoms with van der Waals surface area (Å²) in [6.07, 6.45) is 1.29. The molecule has 2 rings (SSSR count). The van der Waals surface area contributed by atoms with Crippen LogP contribution >= 0.6 is 11.5 Å². The second kappa shape index (κ2) is 8.70. The number of anilines is 1. The van der Waals surface area contributed by atoms with Crippen molar-refractivity contribution in [2.45, 2.75) is 6.92 Å². The number of rotatable bonds is 9. The molecule has 0 spiro atoms. The highest BCUT2D eigenvalue weighted by Gasteiger charge is 2.17. The predicted octanol–water partition coefficient (Wildman–Crippen LogP) is 2.16. The molecule has 0 aliphatic carbocycles. The number of azo groups is 1. The van der Waals surface area contributed by atoms with Crippen molar-refractivity contribution in [1.82, 2.24) is 9.36 Å². The van der Waals surface area contributed by atoms with Gasteiger partial charge in [0.2, 0.25) is 15.5 Å². The van der Waals surface area contributed by atoms with Gasteiger partial charge in [-0.1, -0.05) is 0 Å². The molecule has 0 fully saturated rings. The normalized spacial score (nSPS) is 11.8. The first-order valence-electron chi connectivity index (χ1n) is 7.12. The lowest BCUT2D eigenvalue weighted by atomic mass is 10.2. The Morgan fingerprint density at radius 3 is 2.73 bits per heavy atom. The summed E-state index contributed by atoms with van der Waals surface area (Å²) >= 11 is 0.991. The fourth-order valence-corrected chi connectivity index (χ4v) is 2.61. The quantitative estimate of drug-likeness (QED) is 0.201. The average molecular weight is 401 g/mol. The van der Waals surface area contributed by atoms with E-state index in [2.05, 4.69) is 23.8 Å². The van der Waals surface area contributed by atoms with Gasteiger partial charge in [-0.3, -0.25) is 14.3 Å². The van der Waals surface area contributed by atoms with Gasteiger partial charge in [-0.15, -0.1) is 10.2 Å². The minimum atomic E-state index is -4.79. The SMILES string of the molecule is CCN(CCOS(=O)(=O)[O-])c1ccc(N=Nc2ncns2)c([N+](=O)[O-])c1. The van der Waals surface area contributed by atoms with Crippen LogP contribution in [-0.2, 0) is 14.6 Å². The van der Waals surface area contributed by atoms with Crippen molar-refractivity contribution in [2.75, 3.05) is 24.6 Å². The van der Waals surface area contributed by atoms with E-state index < -0.39 is 15.3 Å². The summed E-state index contributed by atoms with van der Waals surface area (Å²) in [6, 6.07) is 4.26. The van der Waals surface area contributed by atoms with E-state index in [0.29, 0.717) is 12.2 Å². The summed E-state index contributed by atoms with van der Waals surface area (Å²) in [5.41, 5.74) is 0.191. The van der Waals surface area contributed by atoms with E-state index in [0.717, 1.165) is 11.5 Å². The number of nitro benzene ring substituents is 1. The number of benzene rings is 1. The third-order valence-corrected chi connectivity index (χ3v) is 4.09. The summed E-state index contributed by atoms with van der Waals surface area (Å²) in [5.74, 6) is 0. The standard InChI is InChI=1S/C12H14N6O6S2/c1-2-17(5-6-24-26(21,22)23)9-3-4-10(11(7-9)18(19)20)15-16-12-13-8-14-25-12/h3-4,7-8H,2,5-6H2,1H3,(H,21,22,23)/p-1. The molecule has 0 N–H and O–H groups in total. The van der Waals surface area contributed by atoms with Gasteiger partial charge < -0.3 is 9.45 Å². The minimum Gasteiger partial charge on any atom is -0.726 e. The van der Waals surface area contributed by atoms with E-state index in [-0.39, 0.29) is 29.7 Å². The second-order valence-electron chi connectivity index (χ2n) is 4.66. The van der Waals surface area contributed by atoms with E-state index in [1.165, 1.54) is 18.5 Å². The maximum Gasteiger partial charge on any atom is 0.298 e. The Morgan fingerprint density at radius 1 is 1.38 bits per heavy atom. The van der Waals surface area contributed by atoms with E-state index in [4.69, 9.17) is 0 Å². The lowest BCUT2D eigenvalue weighted by Crippen LogP contribution is -2.28. The molecular formula is C12H13N6O6S2-. The Labute approximate surface area is 152 Å². The molecule has 0 unspecified atom stereocenters. The van der Waals surface area contributed by atoms with Crippen LogP contribution in [0.3, 0.4) is 0 Å². The summed E-state index contributed by atoms with van der Waals surface area (Å²) in [4.78, 5) is 16.1. The maximum absolute atomic E-state index is 11.3. The smallest absolute Gasteiger partial charge is 0.298 e. The third-order valence-electron chi connectivity index (χ3n) is 3.08. The zero-order valence-electron chi connectivity index (χ0n) is 13.4. The van der Waals surface area contributed by atoms with Crippen LogP contribution in [0.5, 0.6) is 0 Å². The average Bonchev–Trinajstić information content (AvgIpc) is 3.09. The largest absolute Gasteiger partial charge is 0.726 e. The highest BCUT2D eigenvalue weighted by molar-refractivity contribution is 7.80. The molecular weight excluding hydrogens is 388 g/mol. The van der Waals surface area contributed by atoms with Crippen LogP contribution in [0.15, 0.2) is 34.8 Å². The molecule has 140 valence electrons. The Bertz CT molecular complexity index is 886. The van der Waals surface area contributed by atoms with Gasteiger partial charge in [0, 0.05) is 36.4 Å². The van der Waals surface area contributed by atoms with Gasteiger partial charge in [0.1, 0.15) is 6.33 Å². The molecule has 0 amide bonds. The Kier molecular flexibility index (Phi) is 6.62. The molecule has 0 atom stereocenters. The molecule has 14 heteroatoms. The van der Waals surface area contributed by atoms with E-state index in [1.54, 1.807) is 17.9 Å². The molecule has 12 nitrogen and oxygen atoms in total. The topological polar surface area (TPSA) is 163 Å². The van der Waals surface area contributed by atoms with Crippen molar-refractivity contribution >= 4 is 44.1 Å². The van der Waals surface area contributed by atoms with Crippen LogP contribution in [0.1, 0.15) is 6.92 Å². The van der Waals surface area contributed by atoms with E-state index in [1.807, 2.05) is 0 Å². The van der Waals surface area contributed by atoms with Crippen molar-refractivity contribution in [1.29, 1.82) is 0 Å². The first-order chi connectivity index (χ1) is 12.3. The van der Waals surface area contributed by atoms with Gasteiger partial charge in [-0.05, 0) is 19.1 Å². The van der Waals surface area contributed by atoms with Crippen LogP contribution in [0, 0.1) is 10.1 Å². The van der Waals surface area contributed by atoms with Gasteiger partial charge in [0.05, 0.1) is 11.5 Å². The minimum absolute atomic E-state index is 0.0309. The first-order valence-corrected chi connectivity index (χ1v) is 9.23. The molecule has 2 aromatic rings. The lowest BCUT2D eigenvalue weighted by Gasteiger charge is -2.23. The van der Waals surface area contributed by atoms with Crippen LogP contribution in [0.25, 0.3) is 0 Å². The van der Waals surface area contributed by atoms with Crippen LogP contribution in [-0.4, -0.2) is 46.9 Å². The van der Waals surface area contributed by atoms with Crippen molar-refractivity contribution in [3.8, 4) is 0 Å². The van der Waals surface area contributed by atoms with Crippen molar-refractivity contribution in [3.63, 3.8) is 0 Å². The van der Waals surface area contributed by atoms with Crippen molar-refractivity contribution in [2.24, 2.45) is 10.2 Å². The molecule has 0 saturated heterocycles. The molecule has 0 saturated carbocycles. The monoisotopic (exact) mass is 401 g/mol. The second-order valence-corrected chi connectivity index (χ2v) is 6.47. The van der Waals surface area contributed by atoms with Crippen molar-refractivity contribution in [3.05, 3.63) is 34.6 Å².